The number of rotatable bonds is 6. The summed E-state index contributed by atoms with van der Waals surface area (Å²) in [4.78, 5) is 12.5. The number of aryl methyl sites for hydroxylation is 1. The molecule has 0 spiro atoms. The largest absolute Gasteiger partial charge is 0.506 e. The van der Waals surface area contributed by atoms with E-state index in [2.05, 4.69) is 29.7 Å². The predicted octanol–water partition coefficient (Wildman–Crippen LogP) is 5.47. The van der Waals surface area contributed by atoms with Crippen LogP contribution >= 0.6 is 11.6 Å². The lowest BCUT2D eigenvalue weighted by Gasteiger charge is -2.12. The Labute approximate surface area is 163 Å². The molecule has 0 aliphatic heterocycles. The zero-order valence-corrected chi connectivity index (χ0v) is 15.8. The first kappa shape index (κ1) is 18.8. The molecular weight excluding hydrogens is 360 g/mol. The van der Waals surface area contributed by atoms with E-state index in [0.717, 1.165) is 17.7 Å². The maximum Gasteiger partial charge on any atom is 0.255 e. The molecule has 0 bridgehead atoms. The first-order valence-electron chi connectivity index (χ1n) is 8.77. The van der Waals surface area contributed by atoms with E-state index >= 15 is 0 Å². The van der Waals surface area contributed by atoms with Crippen LogP contribution in [0, 0.1) is 0 Å². The average molecular weight is 381 g/mol. The molecule has 0 radical (unpaired) electrons. The standard InChI is InChI=1S/C22H21ClN2O2/c1-2-16-7-3-4-9-19(16)24-14-15-6-5-8-17(12-15)22(27)25-20-13-18(23)10-11-21(20)26/h3-13,24,26H,2,14H2,1H3,(H,25,27). The monoisotopic (exact) mass is 380 g/mol. The third-order valence-electron chi connectivity index (χ3n) is 4.28. The van der Waals surface area contributed by atoms with Gasteiger partial charge in [-0.1, -0.05) is 48.9 Å². The summed E-state index contributed by atoms with van der Waals surface area (Å²) in [6.07, 6.45) is 0.953. The maximum absolute atomic E-state index is 12.5. The van der Waals surface area contributed by atoms with E-state index in [4.69, 9.17) is 11.6 Å². The second kappa shape index (κ2) is 8.60. The van der Waals surface area contributed by atoms with Crippen molar-refractivity contribution in [2.45, 2.75) is 19.9 Å². The number of carbonyl (C=O) groups excluding carboxylic acids is 1. The van der Waals surface area contributed by atoms with Crippen LogP contribution in [0.4, 0.5) is 11.4 Å². The fraction of sp³-hybridized carbons (Fsp3) is 0.136. The summed E-state index contributed by atoms with van der Waals surface area (Å²) in [6.45, 7) is 2.73. The molecule has 3 N–H and O–H groups in total. The SMILES string of the molecule is CCc1ccccc1NCc1cccc(C(=O)Nc2cc(Cl)ccc2O)c1. The molecule has 27 heavy (non-hydrogen) atoms. The van der Waals surface area contributed by atoms with E-state index in [0.29, 0.717) is 17.1 Å². The van der Waals surface area contributed by atoms with Crippen molar-refractivity contribution in [1.82, 2.24) is 0 Å². The molecule has 0 heterocycles. The zero-order chi connectivity index (χ0) is 19.2. The first-order chi connectivity index (χ1) is 13.1. The third kappa shape index (κ3) is 4.80. The summed E-state index contributed by atoms with van der Waals surface area (Å²) in [6, 6.07) is 20.1. The number of halogens is 1. The van der Waals surface area contributed by atoms with E-state index in [1.54, 1.807) is 12.1 Å². The van der Waals surface area contributed by atoms with E-state index in [1.165, 1.54) is 17.7 Å². The molecule has 138 valence electrons. The van der Waals surface area contributed by atoms with Crippen molar-refractivity contribution in [3.8, 4) is 5.75 Å². The molecule has 0 aromatic heterocycles. The van der Waals surface area contributed by atoms with Crippen LogP contribution in [0.25, 0.3) is 0 Å². The van der Waals surface area contributed by atoms with Crippen LogP contribution in [0.5, 0.6) is 5.75 Å². The van der Waals surface area contributed by atoms with Crippen molar-refractivity contribution in [1.29, 1.82) is 0 Å². The Morgan fingerprint density at radius 3 is 2.63 bits per heavy atom. The Morgan fingerprint density at radius 1 is 1.00 bits per heavy atom. The Kier molecular flexibility index (Phi) is 5.99. The maximum atomic E-state index is 12.5. The quantitative estimate of drug-likeness (QED) is 0.497. The van der Waals surface area contributed by atoms with E-state index < -0.39 is 0 Å². The smallest absolute Gasteiger partial charge is 0.255 e. The van der Waals surface area contributed by atoms with Gasteiger partial charge in [-0.3, -0.25) is 4.79 Å². The number of carbonyl (C=O) groups is 1. The van der Waals surface area contributed by atoms with Crippen molar-refractivity contribution in [2.24, 2.45) is 0 Å². The molecule has 0 aliphatic carbocycles. The van der Waals surface area contributed by atoms with Gasteiger partial charge in [0.05, 0.1) is 5.69 Å². The summed E-state index contributed by atoms with van der Waals surface area (Å²) in [5.74, 6) is -0.329. The van der Waals surface area contributed by atoms with E-state index in [9.17, 15) is 9.90 Å². The lowest BCUT2D eigenvalue weighted by atomic mass is 10.1. The number of hydrogen-bond acceptors (Lipinski definition) is 3. The van der Waals surface area contributed by atoms with Crippen LogP contribution in [0.1, 0.15) is 28.4 Å². The number of para-hydroxylation sites is 1. The second-order valence-corrected chi connectivity index (χ2v) is 6.62. The van der Waals surface area contributed by atoms with Crippen LogP contribution in [-0.4, -0.2) is 11.0 Å². The van der Waals surface area contributed by atoms with Gasteiger partial charge < -0.3 is 15.7 Å². The average Bonchev–Trinajstić information content (AvgIpc) is 2.69. The Bertz CT molecular complexity index is 957. The number of hydrogen-bond donors (Lipinski definition) is 3. The molecule has 0 saturated heterocycles. The molecule has 5 heteroatoms. The van der Waals surface area contributed by atoms with Gasteiger partial charge in [0.1, 0.15) is 5.75 Å². The van der Waals surface area contributed by atoms with Gasteiger partial charge in [0, 0.05) is 22.8 Å². The molecule has 3 rings (SSSR count). The highest BCUT2D eigenvalue weighted by Gasteiger charge is 2.10. The molecule has 3 aromatic carbocycles. The van der Waals surface area contributed by atoms with Gasteiger partial charge in [-0.05, 0) is 53.9 Å². The van der Waals surface area contributed by atoms with Crippen LogP contribution in [0.2, 0.25) is 5.02 Å². The van der Waals surface area contributed by atoms with Crippen molar-refractivity contribution in [2.75, 3.05) is 10.6 Å². The molecule has 1 amide bonds. The topological polar surface area (TPSA) is 61.4 Å². The minimum absolute atomic E-state index is 0.0262. The summed E-state index contributed by atoms with van der Waals surface area (Å²) < 4.78 is 0. The molecule has 0 fully saturated rings. The van der Waals surface area contributed by atoms with Gasteiger partial charge in [-0.2, -0.15) is 0 Å². The molecule has 0 aliphatic rings. The molecular formula is C22H21ClN2O2. The number of phenolic OH excluding ortho intramolecular Hbond substituents is 1. The normalized spacial score (nSPS) is 10.4. The van der Waals surface area contributed by atoms with Gasteiger partial charge in [0.15, 0.2) is 0 Å². The molecule has 4 nitrogen and oxygen atoms in total. The summed E-state index contributed by atoms with van der Waals surface area (Å²) in [5.41, 5.74) is 4.13. The fourth-order valence-corrected chi connectivity index (χ4v) is 3.00. The van der Waals surface area contributed by atoms with Gasteiger partial charge >= 0.3 is 0 Å². The summed E-state index contributed by atoms with van der Waals surface area (Å²) >= 11 is 5.92. The van der Waals surface area contributed by atoms with Crippen molar-refractivity contribution in [3.05, 3.63) is 88.4 Å². The summed E-state index contributed by atoms with van der Waals surface area (Å²) in [5, 5.41) is 16.4. The van der Waals surface area contributed by atoms with Gasteiger partial charge in [-0.25, -0.2) is 0 Å². The zero-order valence-electron chi connectivity index (χ0n) is 15.0. The van der Waals surface area contributed by atoms with Crippen molar-refractivity contribution >= 4 is 28.9 Å². The van der Waals surface area contributed by atoms with E-state index in [1.807, 2.05) is 30.3 Å². The third-order valence-corrected chi connectivity index (χ3v) is 4.51. The van der Waals surface area contributed by atoms with Crippen LogP contribution < -0.4 is 10.6 Å². The minimum atomic E-state index is -0.302. The lowest BCUT2D eigenvalue weighted by Crippen LogP contribution is -2.12. The fourth-order valence-electron chi connectivity index (χ4n) is 2.82. The van der Waals surface area contributed by atoms with Gasteiger partial charge in [0.2, 0.25) is 0 Å². The Hall–Kier alpha value is -2.98. The van der Waals surface area contributed by atoms with Crippen LogP contribution in [0.15, 0.2) is 66.7 Å². The number of nitrogens with one attached hydrogen (secondary N) is 2. The van der Waals surface area contributed by atoms with Gasteiger partial charge in [0.25, 0.3) is 5.91 Å². The number of amides is 1. The minimum Gasteiger partial charge on any atom is -0.506 e. The van der Waals surface area contributed by atoms with Gasteiger partial charge in [-0.15, -0.1) is 0 Å². The Balaban J connectivity index is 1.71. The summed E-state index contributed by atoms with van der Waals surface area (Å²) in [7, 11) is 0. The van der Waals surface area contributed by atoms with Crippen molar-refractivity contribution in [3.63, 3.8) is 0 Å². The van der Waals surface area contributed by atoms with Crippen LogP contribution in [-0.2, 0) is 13.0 Å². The highest BCUT2D eigenvalue weighted by molar-refractivity contribution is 6.31. The number of anilines is 2. The second-order valence-electron chi connectivity index (χ2n) is 6.18. The van der Waals surface area contributed by atoms with Crippen LogP contribution in [0.3, 0.4) is 0 Å². The highest BCUT2D eigenvalue weighted by Crippen LogP contribution is 2.27. The first-order valence-corrected chi connectivity index (χ1v) is 9.15. The van der Waals surface area contributed by atoms with Crippen molar-refractivity contribution < 1.29 is 9.90 Å². The molecule has 0 atom stereocenters. The number of phenols is 1. The highest BCUT2D eigenvalue weighted by atomic mass is 35.5. The predicted molar refractivity (Wildman–Crippen MR) is 111 cm³/mol. The molecule has 3 aromatic rings. The van der Waals surface area contributed by atoms with E-state index in [-0.39, 0.29) is 17.3 Å². The number of aromatic hydroxyl groups is 1. The lowest BCUT2D eigenvalue weighted by molar-refractivity contribution is 0.102. The number of benzene rings is 3. The Morgan fingerprint density at radius 2 is 1.81 bits per heavy atom. The molecule has 0 saturated carbocycles. The molecule has 0 unspecified atom stereocenters.